The molecule has 1 amide bonds. The van der Waals surface area contributed by atoms with Crippen molar-refractivity contribution in [2.45, 2.75) is 64.5 Å². The molecule has 18 heavy (non-hydrogen) atoms. The molecular formula is C14H23NO3. The standard InChI is InChI=1S/C14H23NO3/c1-14(2,3)18-13(17)15-9-5-7-11(15)10-6-4-8-12(10)16/h10-11H,4-9H2,1-3H3/t10-,11-/m0/s1. The maximum Gasteiger partial charge on any atom is 0.410 e. The summed E-state index contributed by atoms with van der Waals surface area (Å²) in [6.45, 7) is 6.34. The Morgan fingerprint density at radius 3 is 2.56 bits per heavy atom. The first-order valence-corrected chi connectivity index (χ1v) is 6.91. The molecule has 1 saturated carbocycles. The van der Waals surface area contributed by atoms with Crippen LogP contribution in [0.3, 0.4) is 0 Å². The first-order chi connectivity index (χ1) is 8.38. The van der Waals surface area contributed by atoms with Gasteiger partial charge in [0, 0.05) is 24.9 Å². The number of hydrogen-bond acceptors (Lipinski definition) is 3. The lowest BCUT2D eigenvalue weighted by atomic mass is 9.95. The van der Waals surface area contributed by atoms with Crippen LogP contribution in [0.5, 0.6) is 0 Å². The fourth-order valence-electron chi connectivity index (χ4n) is 3.01. The van der Waals surface area contributed by atoms with Gasteiger partial charge >= 0.3 is 6.09 Å². The Morgan fingerprint density at radius 2 is 2.00 bits per heavy atom. The number of nitrogens with zero attached hydrogens (tertiary/aromatic N) is 1. The van der Waals surface area contributed by atoms with E-state index in [-0.39, 0.29) is 18.1 Å². The number of likely N-dealkylation sites (tertiary alicyclic amines) is 1. The lowest BCUT2D eigenvalue weighted by Crippen LogP contribution is -2.44. The van der Waals surface area contributed by atoms with Gasteiger partial charge < -0.3 is 9.64 Å². The third-order valence-corrected chi connectivity index (χ3v) is 3.74. The monoisotopic (exact) mass is 253 g/mol. The second kappa shape index (κ2) is 4.90. The van der Waals surface area contributed by atoms with Crippen LogP contribution in [-0.4, -0.2) is 35.0 Å². The van der Waals surface area contributed by atoms with E-state index in [1.165, 1.54) is 0 Å². The topological polar surface area (TPSA) is 46.6 Å². The van der Waals surface area contributed by atoms with Gasteiger partial charge in [-0.2, -0.15) is 0 Å². The molecule has 1 aliphatic carbocycles. The van der Waals surface area contributed by atoms with Crippen LogP contribution in [0.15, 0.2) is 0 Å². The SMILES string of the molecule is CC(C)(C)OC(=O)N1CCC[C@H]1[C@@H]1CCCC1=O. The van der Waals surface area contributed by atoms with Gasteiger partial charge in [0.25, 0.3) is 0 Å². The summed E-state index contributed by atoms with van der Waals surface area (Å²) in [5.41, 5.74) is -0.468. The molecule has 0 bridgehead atoms. The molecule has 2 aliphatic rings. The maximum absolute atomic E-state index is 12.1. The molecular weight excluding hydrogens is 230 g/mol. The number of carbonyl (C=O) groups excluding carboxylic acids is 2. The third kappa shape index (κ3) is 2.85. The zero-order chi connectivity index (χ0) is 13.3. The van der Waals surface area contributed by atoms with Gasteiger partial charge in [-0.05, 0) is 46.5 Å². The molecule has 2 fully saturated rings. The van der Waals surface area contributed by atoms with Crippen molar-refractivity contribution in [3.8, 4) is 0 Å². The molecule has 102 valence electrons. The molecule has 4 nitrogen and oxygen atoms in total. The van der Waals surface area contributed by atoms with Gasteiger partial charge in [-0.25, -0.2) is 4.79 Å². The summed E-state index contributed by atoms with van der Waals surface area (Å²) in [5, 5.41) is 0. The van der Waals surface area contributed by atoms with Gasteiger partial charge in [-0.15, -0.1) is 0 Å². The predicted octanol–water partition coefficient (Wildman–Crippen LogP) is 2.76. The Morgan fingerprint density at radius 1 is 1.28 bits per heavy atom. The van der Waals surface area contributed by atoms with E-state index < -0.39 is 5.60 Å². The van der Waals surface area contributed by atoms with Crippen molar-refractivity contribution in [3.05, 3.63) is 0 Å². The maximum atomic E-state index is 12.1. The highest BCUT2D eigenvalue weighted by Crippen LogP contribution is 2.33. The summed E-state index contributed by atoms with van der Waals surface area (Å²) in [4.78, 5) is 25.7. The molecule has 0 aromatic heterocycles. The highest BCUT2D eigenvalue weighted by atomic mass is 16.6. The molecule has 0 aromatic rings. The van der Waals surface area contributed by atoms with E-state index >= 15 is 0 Å². The van der Waals surface area contributed by atoms with Crippen LogP contribution in [0.4, 0.5) is 4.79 Å². The second-order valence-corrected chi connectivity index (χ2v) is 6.35. The minimum atomic E-state index is -0.468. The predicted molar refractivity (Wildman–Crippen MR) is 68.3 cm³/mol. The van der Waals surface area contributed by atoms with Crippen molar-refractivity contribution in [1.82, 2.24) is 4.90 Å². The van der Waals surface area contributed by atoms with Gasteiger partial charge in [-0.1, -0.05) is 0 Å². The van der Waals surface area contributed by atoms with E-state index in [0.29, 0.717) is 12.2 Å². The van der Waals surface area contributed by atoms with E-state index in [0.717, 1.165) is 32.2 Å². The lowest BCUT2D eigenvalue weighted by Gasteiger charge is -2.31. The fraction of sp³-hybridized carbons (Fsp3) is 0.857. The first-order valence-electron chi connectivity index (χ1n) is 6.91. The van der Waals surface area contributed by atoms with Crippen molar-refractivity contribution in [2.75, 3.05) is 6.54 Å². The Kier molecular flexibility index (Phi) is 3.64. The van der Waals surface area contributed by atoms with Crippen molar-refractivity contribution >= 4 is 11.9 Å². The average Bonchev–Trinajstić information content (AvgIpc) is 2.82. The molecule has 0 aromatic carbocycles. The van der Waals surface area contributed by atoms with E-state index in [9.17, 15) is 9.59 Å². The number of hydrogen-bond donors (Lipinski definition) is 0. The Labute approximate surface area is 109 Å². The summed E-state index contributed by atoms with van der Waals surface area (Å²) in [6, 6.07) is 0.0786. The summed E-state index contributed by atoms with van der Waals surface area (Å²) < 4.78 is 5.42. The van der Waals surface area contributed by atoms with Crippen LogP contribution in [0.1, 0.15) is 52.9 Å². The number of amides is 1. The quantitative estimate of drug-likeness (QED) is 0.722. The zero-order valence-corrected chi connectivity index (χ0v) is 11.6. The summed E-state index contributed by atoms with van der Waals surface area (Å²) in [5.74, 6) is 0.385. The highest BCUT2D eigenvalue weighted by molar-refractivity contribution is 5.84. The molecule has 1 saturated heterocycles. The number of ketones is 1. The number of rotatable bonds is 1. The van der Waals surface area contributed by atoms with Gasteiger partial charge in [0.05, 0.1) is 0 Å². The highest BCUT2D eigenvalue weighted by Gasteiger charge is 2.41. The molecule has 1 heterocycles. The molecule has 0 N–H and O–H groups in total. The number of carbonyl (C=O) groups is 2. The third-order valence-electron chi connectivity index (χ3n) is 3.74. The largest absolute Gasteiger partial charge is 0.444 e. The molecule has 2 rings (SSSR count). The van der Waals surface area contributed by atoms with E-state index in [1.807, 2.05) is 20.8 Å². The smallest absolute Gasteiger partial charge is 0.410 e. The Hall–Kier alpha value is -1.06. The normalized spacial score (nSPS) is 28.8. The van der Waals surface area contributed by atoms with Crippen LogP contribution in [0.25, 0.3) is 0 Å². The minimum Gasteiger partial charge on any atom is -0.444 e. The van der Waals surface area contributed by atoms with Crippen LogP contribution in [0.2, 0.25) is 0 Å². The van der Waals surface area contributed by atoms with E-state index in [4.69, 9.17) is 4.74 Å². The Balaban J connectivity index is 2.03. The van der Waals surface area contributed by atoms with Gasteiger partial charge in [0.2, 0.25) is 0 Å². The fourth-order valence-corrected chi connectivity index (χ4v) is 3.01. The van der Waals surface area contributed by atoms with Crippen LogP contribution >= 0.6 is 0 Å². The Bertz CT molecular complexity index is 345. The van der Waals surface area contributed by atoms with Crippen molar-refractivity contribution in [3.63, 3.8) is 0 Å². The average molecular weight is 253 g/mol. The van der Waals surface area contributed by atoms with Crippen molar-refractivity contribution < 1.29 is 14.3 Å². The molecule has 0 spiro atoms. The van der Waals surface area contributed by atoms with Crippen molar-refractivity contribution in [1.29, 1.82) is 0 Å². The molecule has 1 aliphatic heterocycles. The first kappa shape index (κ1) is 13.4. The van der Waals surface area contributed by atoms with Crippen LogP contribution in [0, 0.1) is 5.92 Å². The molecule has 0 unspecified atom stereocenters. The summed E-state index contributed by atoms with van der Waals surface area (Å²) in [7, 11) is 0. The number of Topliss-reactive ketones (excluding diaryl/α,β-unsaturated/α-hetero) is 1. The van der Waals surface area contributed by atoms with Gasteiger partial charge in [-0.3, -0.25) is 4.79 Å². The van der Waals surface area contributed by atoms with Gasteiger partial charge in [0.15, 0.2) is 0 Å². The molecule has 4 heteroatoms. The van der Waals surface area contributed by atoms with E-state index in [2.05, 4.69) is 0 Å². The summed E-state index contributed by atoms with van der Waals surface area (Å²) >= 11 is 0. The van der Waals surface area contributed by atoms with E-state index in [1.54, 1.807) is 4.90 Å². The van der Waals surface area contributed by atoms with Gasteiger partial charge in [0.1, 0.15) is 11.4 Å². The second-order valence-electron chi connectivity index (χ2n) is 6.35. The van der Waals surface area contributed by atoms with Crippen molar-refractivity contribution in [2.24, 2.45) is 5.92 Å². The van der Waals surface area contributed by atoms with Crippen LogP contribution in [-0.2, 0) is 9.53 Å². The molecule has 2 atom stereocenters. The number of ether oxygens (including phenoxy) is 1. The summed E-state index contributed by atoms with van der Waals surface area (Å²) in [6.07, 6.45) is 4.25. The van der Waals surface area contributed by atoms with Crippen LogP contribution < -0.4 is 0 Å². The lowest BCUT2D eigenvalue weighted by molar-refractivity contribution is -0.122. The zero-order valence-electron chi connectivity index (χ0n) is 11.6. The molecule has 0 radical (unpaired) electrons. The minimum absolute atomic E-state index is 0.0556.